The lowest BCUT2D eigenvalue weighted by molar-refractivity contribution is -0.106. The molecule has 0 atom stereocenters. The van der Waals surface area contributed by atoms with E-state index in [-0.39, 0.29) is 5.56 Å². The molecule has 0 fully saturated rings. The molecule has 1 heterocycles. The summed E-state index contributed by atoms with van der Waals surface area (Å²) in [5.74, 6) is -0.961. The van der Waals surface area contributed by atoms with Crippen LogP contribution in [0.25, 0.3) is 0 Å². The number of carbonyl (C=O) groups is 2. The zero-order chi connectivity index (χ0) is 13.4. The molecule has 0 radical (unpaired) electrons. The largest absolute Gasteiger partial charge is 0.320 e. The molecular weight excluding hydrogens is 247 g/mol. The zero-order valence-electron chi connectivity index (χ0n) is 9.76. The molecule has 0 spiro atoms. The SMILES string of the molecule is O=CN1c2ccccc2NC(=O)c2cc(F)ccc21. The minimum atomic E-state index is -0.522. The first-order valence-corrected chi connectivity index (χ1v) is 5.65. The van der Waals surface area contributed by atoms with Crippen molar-refractivity contribution in [2.45, 2.75) is 0 Å². The van der Waals surface area contributed by atoms with Gasteiger partial charge in [-0.2, -0.15) is 0 Å². The molecule has 0 aromatic heterocycles. The first-order chi connectivity index (χ1) is 9.20. The van der Waals surface area contributed by atoms with Crippen molar-refractivity contribution in [1.82, 2.24) is 0 Å². The predicted octanol–water partition coefficient (Wildman–Crippen LogP) is 2.69. The van der Waals surface area contributed by atoms with Crippen LogP contribution in [-0.4, -0.2) is 12.3 Å². The Balaban J connectivity index is 2.29. The van der Waals surface area contributed by atoms with Crippen molar-refractivity contribution in [2.75, 3.05) is 10.2 Å². The summed E-state index contributed by atoms with van der Waals surface area (Å²) in [4.78, 5) is 24.7. The molecule has 2 aromatic rings. The fraction of sp³-hybridized carbons (Fsp3) is 0. The molecule has 0 saturated heterocycles. The summed E-state index contributed by atoms with van der Waals surface area (Å²) >= 11 is 0. The van der Waals surface area contributed by atoms with Gasteiger partial charge in [0.1, 0.15) is 5.82 Å². The van der Waals surface area contributed by atoms with Crippen molar-refractivity contribution in [3.8, 4) is 0 Å². The summed E-state index contributed by atoms with van der Waals surface area (Å²) in [5.41, 5.74) is 1.55. The molecule has 4 nitrogen and oxygen atoms in total. The lowest BCUT2D eigenvalue weighted by Gasteiger charge is -2.18. The van der Waals surface area contributed by atoms with Gasteiger partial charge in [-0.1, -0.05) is 12.1 Å². The van der Waals surface area contributed by atoms with Crippen LogP contribution in [0.15, 0.2) is 42.5 Å². The highest BCUT2D eigenvalue weighted by Gasteiger charge is 2.24. The first-order valence-electron chi connectivity index (χ1n) is 5.65. The smallest absolute Gasteiger partial charge is 0.257 e. The molecule has 0 unspecified atom stereocenters. The van der Waals surface area contributed by atoms with Crippen LogP contribution in [-0.2, 0) is 4.79 Å². The Labute approximate surface area is 108 Å². The van der Waals surface area contributed by atoms with Gasteiger partial charge < -0.3 is 5.32 Å². The average Bonchev–Trinajstić information content (AvgIpc) is 2.53. The Bertz CT molecular complexity index is 685. The third-order valence-electron chi connectivity index (χ3n) is 2.98. The third-order valence-corrected chi connectivity index (χ3v) is 2.98. The number of para-hydroxylation sites is 2. The second-order valence-electron chi connectivity index (χ2n) is 4.11. The second-order valence-corrected chi connectivity index (χ2v) is 4.11. The number of fused-ring (bicyclic) bond motifs is 2. The third kappa shape index (κ3) is 1.76. The van der Waals surface area contributed by atoms with E-state index in [0.29, 0.717) is 23.5 Å². The van der Waals surface area contributed by atoms with Crippen LogP contribution in [0, 0.1) is 5.82 Å². The maximum Gasteiger partial charge on any atom is 0.257 e. The number of carbonyl (C=O) groups excluding carboxylic acids is 2. The van der Waals surface area contributed by atoms with Crippen molar-refractivity contribution in [3.05, 3.63) is 53.8 Å². The number of nitrogens with one attached hydrogen (secondary N) is 1. The van der Waals surface area contributed by atoms with E-state index in [1.54, 1.807) is 24.3 Å². The molecule has 5 heteroatoms. The standard InChI is InChI=1S/C14H9FN2O2/c15-9-5-6-12-10(7-9)14(19)16-11-3-1-2-4-13(11)17(12)8-18/h1-8H,(H,16,19). The summed E-state index contributed by atoms with van der Waals surface area (Å²) in [7, 11) is 0. The monoisotopic (exact) mass is 256 g/mol. The van der Waals surface area contributed by atoms with Crippen molar-refractivity contribution in [3.63, 3.8) is 0 Å². The van der Waals surface area contributed by atoms with E-state index in [1.807, 2.05) is 0 Å². The van der Waals surface area contributed by atoms with E-state index in [0.717, 1.165) is 6.07 Å². The van der Waals surface area contributed by atoms with Crippen LogP contribution in [0.1, 0.15) is 10.4 Å². The van der Waals surface area contributed by atoms with Crippen molar-refractivity contribution >= 4 is 29.4 Å². The summed E-state index contributed by atoms with van der Waals surface area (Å²) < 4.78 is 13.3. The Hall–Kier alpha value is -2.69. The van der Waals surface area contributed by atoms with Crippen LogP contribution in [0.2, 0.25) is 0 Å². The normalized spacial score (nSPS) is 13.1. The van der Waals surface area contributed by atoms with Gasteiger partial charge in [-0.05, 0) is 30.3 Å². The summed E-state index contributed by atoms with van der Waals surface area (Å²) in [6.45, 7) is 0. The van der Waals surface area contributed by atoms with Crippen molar-refractivity contribution in [2.24, 2.45) is 0 Å². The van der Waals surface area contributed by atoms with Crippen LogP contribution in [0.4, 0.5) is 21.5 Å². The molecule has 0 bridgehead atoms. The van der Waals surface area contributed by atoms with Crippen molar-refractivity contribution in [1.29, 1.82) is 0 Å². The van der Waals surface area contributed by atoms with Crippen LogP contribution in [0.3, 0.4) is 0 Å². The highest BCUT2D eigenvalue weighted by molar-refractivity contribution is 6.15. The predicted molar refractivity (Wildman–Crippen MR) is 69.0 cm³/mol. The van der Waals surface area contributed by atoms with E-state index in [1.165, 1.54) is 17.0 Å². The molecule has 94 valence electrons. The molecule has 0 aliphatic carbocycles. The molecule has 2 amide bonds. The van der Waals surface area contributed by atoms with Gasteiger partial charge >= 0.3 is 0 Å². The lowest BCUT2D eigenvalue weighted by atomic mass is 10.1. The Kier molecular flexibility index (Phi) is 2.52. The fourth-order valence-corrected chi connectivity index (χ4v) is 2.12. The van der Waals surface area contributed by atoms with Gasteiger partial charge in [-0.15, -0.1) is 0 Å². The van der Waals surface area contributed by atoms with Gasteiger partial charge in [0.15, 0.2) is 0 Å². The number of benzene rings is 2. The minimum absolute atomic E-state index is 0.128. The zero-order valence-corrected chi connectivity index (χ0v) is 9.76. The molecule has 1 aliphatic heterocycles. The molecule has 0 saturated carbocycles. The number of amides is 2. The molecule has 1 aliphatic rings. The Morgan fingerprint density at radius 3 is 2.68 bits per heavy atom. The van der Waals surface area contributed by atoms with Gasteiger partial charge in [0.25, 0.3) is 5.91 Å². The van der Waals surface area contributed by atoms with E-state index in [4.69, 9.17) is 0 Å². The first kappa shape index (κ1) is 11.4. The van der Waals surface area contributed by atoms with E-state index in [9.17, 15) is 14.0 Å². The summed E-state index contributed by atoms with van der Waals surface area (Å²) in [5, 5.41) is 2.66. The van der Waals surface area contributed by atoms with Crippen LogP contribution in [0.5, 0.6) is 0 Å². The molecule has 19 heavy (non-hydrogen) atoms. The highest BCUT2D eigenvalue weighted by Crippen LogP contribution is 2.36. The Morgan fingerprint density at radius 1 is 1.11 bits per heavy atom. The summed E-state index contributed by atoms with van der Waals surface area (Å²) in [6.07, 6.45) is 0.607. The number of hydrogen-bond acceptors (Lipinski definition) is 2. The van der Waals surface area contributed by atoms with Gasteiger partial charge in [-0.3, -0.25) is 14.5 Å². The minimum Gasteiger partial charge on any atom is -0.320 e. The number of rotatable bonds is 1. The van der Waals surface area contributed by atoms with Crippen LogP contribution >= 0.6 is 0 Å². The highest BCUT2D eigenvalue weighted by atomic mass is 19.1. The number of nitrogens with zero attached hydrogens (tertiary/aromatic N) is 1. The maximum absolute atomic E-state index is 13.3. The number of halogens is 1. The van der Waals surface area contributed by atoms with Crippen LogP contribution < -0.4 is 10.2 Å². The molecule has 1 N–H and O–H groups in total. The lowest BCUT2D eigenvalue weighted by Crippen LogP contribution is -2.15. The van der Waals surface area contributed by atoms with Gasteiger partial charge in [0, 0.05) is 0 Å². The number of anilines is 3. The fourth-order valence-electron chi connectivity index (χ4n) is 2.12. The van der Waals surface area contributed by atoms with Gasteiger partial charge in [0.05, 0.1) is 22.6 Å². The molecule has 2 aromatic carbocycles. The van der Waals surface area contributed by atoms with Gasteiger partial charge in [0.2, 0.25) is 6.41 Å². The maximum atomic E-state index is 13.3. The van der Waals surface area contributed by atoms with Crippen molar-refractivity contribution < 1.29 is 14.0 Å². The average molecular weight is 256 g/mol. The Morgan fingerprint density at radius 2 is 1.89 bits per heavy atom. The summed E-state index contributed by atoms with van der Waals surface area (Å²) in [6, 6.07) is 10.7. The van der Waals surface area contributed by atoms with Gasteiger partial charge in [-0.25, -0.2) is 4.39 Å². The number of hydrogen-bond donors (Lipinski definition) is 1. The van der Waals surface area contributed by atoms with E-state index in [2.05, 4.69) is 5.32 Å². The second kappa shape index (κ2) is 4.20. The molecule has 3 rings (SSSR count). The van der Waals surface area contributed by atoms with E-state index < -0.39 is 11.7 Å². The topological polar surface area (TPSA) is 49.4 Å². The molecular formula is C14H9FN2O2. The quantitative estimate of drug-likeness (QED) is 0.797. The van der Waals surface area contributed by atoms with E-state index >= 15 is 0 Å².